The van der Waals surface area contributed by atoms with Gasteiger partial charge in [-0.25, -0.2) is 0 Å². The van der Waals surface area contributed by atoms with Crippen molar-refractivity contribution >= 4 is 28.4 Å². The van der Waals surface area contributed by atoms with Crippen LogP contribution in [0.1, 0.15) is 5.56 Å². The SMILES string of the molecule is COc1ccccc1C=CC=c1sc2nc(-c3ccco3)nn2c1=O. The molecule has 4 rings (SSSR count). The van der Waals surface area contributed by atoms with Crippen LogP contribution in [0.4, 0.5) is 0 Å². The van der Waals surface area contributed by atoms with Crippen molar-refractivity contribution in [3.05, 3.63) is 69.2 Å². The second-order valence-corrected chi connectivity index (χ2v) is 6.16. The van der Waals surface area contributed by atoms with Crippen LogP contribution >= 0.6 is 11.3 Å². The Morgan fingerprint density at radius 2 is 2.12 bits per heavy atom. The van der Waals surface area contributed by atoms with Gasteiger partial charge in [-0.05, 0) is 24.3 Å². The van der Waals surface area contributed by atoms with Gasteiger partial charge in [0.15, 0.2) is 5.76 Å². The highest BCUT2D eigenvalue weighted by Gasteiger charge is 2.12. The molecule has 0 unspecified atom stereocenters. The van der Waals surface area contributed by atoms with Crippen LogP contribution in [0.15, 0.2) is 57.9 Å². The summed E-state index contributed by atoms with van der Waals surface area (Å²) in [4.78, 5) is 17.3. The van der Waals surface area contributed by atoms with Gasteiger partial charge in [0.25, 0.3) is 5.56 Å². The van der Waals surface area contributed by atoms with Gasteiger partial charge in [-0.1, -0.05) is 41.7 Å². The standard InChI is InChI=1S/C18H13N3O3S/c1-23-13-8-3-2-6-12(13)7-4-10-15-17(22)21-18(25-15)19-16(20-21)14-9-5-11-24-14/h2-11H,1H3. The molecule has 25 heavy (non-hydrogen) atoms. The maximum atomic E-state index is 12.4. The third kappa shape index (κ3) is 2.85. The predicted molar refractivity (Wildman–Crippen MR) is 96.5 cm³/mol. The molecule has 3 aromatic heterocycles. The number of benzene rings is 1. The molecule has 0 N–H and O–H groups in total. The first kappa shape index (κ1) is 15.3. The van der Waals surface area contributed by atoms with Crippen molar-refractivity contribution in [3.63, 3.8) is 0 Å². The largest absolute Gasteiger partial charge is 0.496 e. The summed E-state index contributed by atoms with van der Waals surface area (Å²) in [7, 11) is 1.63. The van der Waals surface area contributed by atoms with Gasteiger partial charge in [-0.3, -0.25) is 4.79 Å². The Balaban J connectivity index is 1.69. The topological polar surface area (TPSA) is 69.6 Å². The highest BCUT2D eigenvalue weighted by Crippen LogP contribution is 2.19. The molecule has 0 aliphatic rings. The molecule has 0 atom stereocenters. The van der Waals surface area contributed by atoms with Gasteiger partial charge < -0.3 is 9.15 Å². The van der Waals surface area contributed by atoms with Gasteiger partial charge in [0.1, 0.15) is 5.75 Å². The number of allylic oxidation sites excluding steroid dienone is 1. The molecule has 0 saturated carbocycles. The lowest BCUT2D eigenvalue weighted by Crippen LogP contribution is -2.23. The molecule has 0 aliphatic heterocycles. The van der Waals surface area contributed by atoms with Crippen molar-refractivity contribution in [1.29, 1.82) is 0 Å². The van der Waals surface area contributed by atoms with Crippen LogP contribution in [0.3, 0.4) is 0 Å². The summed E-state index contributed by atoms with van der Waals surface area (Å²) in [6, 6.07) is 11.2. The maximum absolute atomic E-state index is 12.4. The molecule has 3 heterocycles. The zero-order valence-corrected chi connectivity index (χ0v) is 14.1. The molecule has 0 bridgehead atoms. The molecule has 1 aromatic carbocycles. The quantitative estimate of drug-likeness (QED) is 0.565. The van der Waals surface area contributed by atoms with Gasteiger partial charge in [-0.2, -0.15) is 9.50 Å². The highest BCUT2D eigenvalue weighted by atomic mass is 32.1. The number of para-hydroxylation sites is 1. The molecule has 6 nitrogen and oxygen atoms in total. The molecule has 0 saturated heterocycles. The summed E-state index contributed by atoms with van der Waals surface area (Å²) in [5, 5.41) is 4.21. The Kier molecular flexibility index (Phi) is 3.91. The summed E-state index contributed by atoms with van der Waals surface area (Å²) in [5.41, 5.74) is 0.739. The molecule has 0 amide bonds. The predicted octanol–water partition coefficient (Wildman–Crippen LogP) is 2.63. The van der Waals surface area contributed by atoms with E-state index in [2.05, 4.69) is 10.1 Å². The summed E-state index contributed by atoms with van der Waals surface area (Å²) in [6.45, 7) is 0. The molecular weight excluding hydrogens is 338 g/mol. The van der Waals surface area contributed by atoms with Crippen molar-refractivity contribution in [3.8, 4) is 17.3 Å². The van der Waals surface area contributed by atoms with Crippen molar-refractivity contribution in [2.75, 3.05) is 7.11 Å². The summed E-state index contributed by atoms with van der Waals surface area (Å²) < 4.78 is 12.4. The van der Waals surface area contributed by atoms with Crippen LogP contribution < -0.4 is 14.8 Å². The van der Waals surface area contributed by atoms with Crippen molar-refractivity contribution < 1.29 is 9.15 Å². The normalized spacial score (nSPS) is 12.4. The number of nitrogens with zero attached hydrogens (tertiary/aromatic N) is 3. The number of ether oxygens (including phenoxy) is 1. The Hall–Kier alpha value is -3.19. The minimum absolute atomic E-state index is 0.199. The summed E-state index contributed by atoms with van der Waals surface area (Å²) >= 11 is 1.28. The molecule has 0 spiro atoms. The van der Waals surface area contributed by atoms with Crippen LogP contribution in [0.2, 0.25) is 0 Å². The number of furan rings is 1. The number of hydrogen-bond donors (Lipinski definition) is 0. The number of fused-ring (bicyclic) bond motifs is 1. The van der Waals surface area contributed by atoms with E-state index in [0.29, 0.717) is 21.1 Å². The minimum atomic E-state index is -0.199. The first-order chi connectivity index (χ1) is 12.3. The highest BCUT2D eigenvalue weighted by molar-refractivity contribution is 7.15. The fourth-order valence-corrected chi connectivity index (χ4v) is 3.26. The van der Waals surface area contributed by atoms with Crippen molar-refractivity contribution in [2.45, 2.75) is 0 Å². The van der Waals surface area contributed by atoms with E-state index < -0.39 is 0 Å². The van der Waals surface area contributed by atoms with Gasteiger partial charge in [0, 0.05) is 5.56 Å². The number of aromatic nitrogens is 3. The van der Waals surface area contributed by atoms with Gasteiger partial charge in [-0.15, -0.1) is 5.10 Å². The Bertz CT molecular complexity index is 1160. The molecule has 0 fully saturated rings. The van der Waals surface area contributed by atoms with Crippen molar-refractivity contribution in [1.82, 2.24) is 14.6 Å². The van der Waals surface area contributed by atoms with E-state index in [9.17, 15) is 4.79 Å². The molecule has 0 radical (unpaired) electrons. The van der Waals surface area contributed by atoms with E-state index in [0.717, 1.165) is 11.3 Å². The van der Waals surface area contributed by atoms with Crippen molar-refractivity contribution in [2.24, 2.45) is 0 Å². The van der Waals surface area contributed by atoms with E-state index >= 15 is 0 Å². The molecule has 0 aliphatic carbocycles. The third-order valence-electron chi connectivity index (χ3n) is 3.59. The third-order valence-corrected chi connectivity index (χ3v) is 4.56. The fourth-order valence-electron chi connectivity index (χ4n) is 2.40. The Morgan fingerprint density at radius 1 is 1.24 bits per heavy atom. The van der Waals surface area contributed by atoms with Gasteiger partial charge in [0.05, 0.1) is 17.9 Å². The zero-order valence-electron chi connectivity index (χ0n) is 13.2. The first-order valence-corrected chi connectivity index (χ1v) is 8.33. The number of methoxy groups -OCH3 is 1. The van der Waals surface area contributed by atoms with Crippen LogP contribution in [0.25, 0.3) is 28.7 Å². The monoisotopic (exact) mass is 351 g/mol. The molecule has 124 valence electrons. The maximum Gasteiger partial charge on any atom is 0.291 e. The average Bonchev–Trinajstić information content (AvgIpc) is 3.34. The molecular formula is C18H13N3O3S. The van der Waals surface area contributed by atoms with E-state index in [1.807, 2.05) is 36.4 Å². The Labute approximate surface area is 146 Å². The Morgan fingerprint density at radius 3 is 2.88 bits per heavy atom. The number of hydrogen-bond acceptors (Lipinski definition) is 6. The van der Waals surface area contributed by atoms with Crippen LogP contribution in [-0.4, -0.2) is 21.7 Å². The van der Waals surface area contributed by atoms with E-state index in [-0.39, 0.29) is 5.56 Å². The fraction of sp³-hybridized carbons (Fsp3) is 0.0556. The number of thiazole rings is 1. The second kappa shape index (κ2) is 6.37. The zero-order chi connectivity index (χ0) is 17.2. The lowest BCUT2D eigenvalue weighted by Gasteiger charge is -2.02. The van der Waals surface area contributed by atoms with Gasteiger partial charge >= 0.3 is 0 Å². The average molecular weight is 351 g/mol. The smallest absolute Gasteiger partial charge is 0.291 e. The first-order valence-electron chi connectivity index (χ1n) is 7.51. The van der Waals surface area contributed by atoms with Crippen LogP contribution in [-0.2, 0) is 0 Å². The van der Waals surface area contributed by atoms with E-state index in [1.54, 1.807) is 31.6 Å². The summed E-state index contributed by atoms with van der Waals surface area (Å²) in [5.74, 6) is 1.72. The van der Waals surface area contributed by atoms with E-state index in [4.69, 9.17) is 9.15 Å². The van der Waals surface area contributed by atoms with Crippen LogP contribution in [0.5, 0.6) is 5.75 Å². The summed E-state index contributed by atoms with van der Waals surface area (Å²) in [6.07, 6.45) is 7.01. The second-order valence-electron chi connectivity index (χ2n) is 5.15. The minimum Gasteiger partial charge on any atom is -0.496 e. The lowest BCUT2D eigenvalue weighted by molar-refractivity contribution is 0.414. The van der Waals surface area contributed by atoms with E-state index in [1.165, 1.54) is 15.9 Å². The van der Waals surface area contributed by atoms with Crippen LogP contribution in [0, 0.1) is 0 Å². The molecule has 4 aromatic rings. The number of rotatable bonds is 4. The lowest BCUT2D eigenvalue weighted by atomic mass is 10.2. The molecule has 7 heteroatoms. The van der Waals surface area contributed by atoms with Gasteiger partial charge in [0.2, 0.25) is 10.8 Å².